The highest BCUT2D eigenvalue weighted by atomic mass is 35.5. The minimum absolute atomic E-state index is 0.0499. The first kappa shape index (κ1) is 22.3. The fourth-order valence-corrected chi connectivity index (χ4v) is 7.04. The van der Waals surface area contributed by atoms with Crippen LogP contribution in [0, 0.1) is 28.1 Å². The Morgan fingerprint density at radius 1 is 1.33 bits per heavy atom. The number of aliphatic carboxylic acids is 1. The summed E-state index contributed by atoms with van der Waals surface area (Å²) in [6.07, 6.45) is -1.52. The van der Waals surface area contributed by atoms with E-state index in [0.29, 0.717) is 5.75 Å². The zero-order valence-corrected chi connectivity index (χ0v) is 17.9. The number of methoxy groups -OCH3 is 2. The summed E-state index contributed by atoms with van der Waals surface area (Å²) in [5, 5.41) is 18.4. The van der Waals surface area contributed by atoms with E-state index in [0.717, 1.165) is 0 Å². The lowest BCUT2D eigenvalue weighted by molar-refractivity contribution is -0.159. The van der Waals surface area contributed by atoms with E-state index in [2.05, 4.69) is 0 Å². The zero-order chi connectivity index (χ0) is 22.5. The highest BCUT2D eigenvalue weighted by Gasteiger charge is 2.75. The first-order valence-electron chi connectivity index (χ1n) is 9.06. The molecule has 0 saturated heterocycles. The molecule has 1 aromatic carbocycles. The van der Waals surface area contributed by atoms with Gasteiger partial charge in [-0.05, 0) is 31.4 Å². The van der Waals surface area contributed by atoms with Crippen molar-refractivity contribution in [2.24, 2.45) is 22.5 Å². The number of rotatable bonds is 7. The number of hydrogen-bond donors (Lipinski definition) is 2. The molecule has 1 aromatic rings. The van der Waals surface area contributed by atoms with Gasteiger partial charge >= 0.3 is 5.97 Å². The number of sulfone groups is 1. The molecule has 0 aromatic heterocycles. The Morgan fingerprint density at radius 2 is 2.00 bits per heavy atom. The third-order valence-electron chi connectivity index (χ3n) is 6.41. The average Bonchev–Trinajstić information content (AvgIpc) is 3.32. The van der Waals surface area contributed by atoms with Gasteiger partial charge in [-0.15, -0.1) is 0 Å². The molecule has 5 atom stereocenters. The van der Waals surface area contributed by atoms with Crippen molar-refractivity contribution in [2.45, 2.75) is 35.5 Å². The van der Waals surface area contributed by atoms with Gasteiger partial charge in [-0.2, -0.15) is 5.26 Å². The largest absolute Gasteiger partial charge is 0.497 e. The summed E-state index contributed by atoms with van der Waals surface area (Å²) in [7, 11) is -1.35. The molecule has 162 valence electrons. The van der Waals surface area contributed by atoms with Crippen LogP contribution in [0.3, 0.4) is 0 Å². The molecule has 2 fully saturated rings. The van der Waals surface area contributed by atoms with Gasteiger partial charge in [0.1, 0.15) is 16.6 Å². The molecule has 0 spiro atoms. The van der Waals surface area contributed by atoms with Crippen molar-refractivity contribution in [3.05, 3.63) is 23.2 Å². The van der Waals surface area contributed by atoms with Crippen molar-refractivity contribution < 1.29 is 32.6 Å². The number of carboxylic acids is 1. The molecule has 9 nitrogen and oxygen atoms in total. The second-order valence-corrected chi connectivity index (χ2v) is 10.3. The van der Waals surface area contributed by atoms with E-state index in [-0.39, 0.29) is 29.2 Å². The van der Waals surface area contributed by atoms with Gasteiger partial charge in [-0.1, -0.05) is 11.6 Å². The minimum atomic E-state index is -4.04. The van der Waals surface area contributed by atoms with Crippen LogP contribution in [0.15, 0.2) is 23.1 Å². The molecule has 30 heavy (non-hydrogen) atoms. The van der Waals surface area contributed by atoms with E-state index in [1.165, 1.54) is 32.4 Å². The van der Waals surface area contributed by atoms with E-state index in [1.807, 2.05) is 6.07 Å². The number of nitriles is 1. The predicted octanol–water partition coefficient (Wildman–Crippen LogP) is 1.39. The van der Waals surface area contributed by atoms with Gasteiger partial charge in [0.25, 0.3) is 0 Å². The molecule has 0 bridgehead atoms. The van der Waals surface area contributed by atoms with Gasteiger partial charge in [0.2, 0.25) is 5.91 Å². The van der Waals surface area contributed by atoms with Crippen LogP contribution in [0.4, 0.5) is 0 Å². The quantitative estimate of drug-likeness (QED) is 0.622. The number of halogens is 1. The molecular formula is C19H21ClN2O7S. The number of ether oxygens (including phenoxy) is 2. The Morgan fingerprint density at radius 3 is 2.43 bits per heavy atom. The molecule has 2 unspecified atom stereocenters. The molecule has 11 heteroatoms. The molecule has 3 rings (SSSR count). The Balaban J connectivity index is 2.04. The first-order valence-corrected chi connectivity index (χ1v) is 11.0. The molecule has 0 heterocycles. The molecule has 2 aliphatic rings. The highest BCUT2D eigenvalue weighted by Crippen LogP contribution is 2.66. The summed E-state index contributed by atoms with van der Waals surface area (Å²) in [5.74, 6) is -2.81. The van der Waals surface area contributed by atoms with E-state index in [9.17, 15) is 28.4 Å². The summed E-state index contributed by atoms with van der Waals surface area (Å²) >= 11 is 6.15. The minimum Gasteiger partial charge on any atom is -0.497 e. The van der Waals surface area contributed by atoms with Crippen molar-refractivity contribution in [3.8, 4) is 11.8 Å². The predicted molar refractivity (Wildman–Crippen MR) is 104 cm³/mol. The lowest BCUT2D eigenvalue weighted by atomic mass is 9.75. The van der Waals surface area contributed by atoms with Crippen LogP contribution < -0.4 is 10.5 Å². The van der Waals surface area contributed by atoms with Gasteiger partial charge < -0.3 is 20.3 Å². The van der Waals surface area contributed by atoms with Gasteiger partial charge in [-0.25, -0.2) is 8.42 Å². The van der Waals surface area contributed by atoms with Crippen LogP contribution in [0.5, 0.6) is 5.75 Å². The normalized spacial score (nSPS) is 32.9. The zero-order valence-electron chi connectivity index (χ0n) is 16.3. The van der Waals surface area contributed by atoms with Gasteiger partial charge in [0, 0.05) is 19.1 Å². The standard InChI is InChI=1S/C19H21ClN2O7S/c1-28-10-3-4-13(12(20)5-10)30(26,27)11-6-15(29-2)19(7-11,17(24)25)14-8-18(14,9-21)16(22)23/h3-5,11,14-15H,6-8H2,1-2H3,(H2,22,23)(H,24,25)/t11-,14?,15+,18?,19+/m0/s1. The van der Waals surface area contributed by atoms with Crippen LogP contribution in [-0.4, -0.2) is 51.0 Å². The number of nitrogens with zero attached hydrogens (tertiary/aromatic N) is 1. The SMILES string of the molecule is COc1ccc(S(=O)(=O)[C@H]2C[C@@H](OC)[C@](C(=O)O)(C3CC3(C#N)C(N)=O)C2)c(Cl)c1. The summed E-state index contributed by atoms with van der Waals surface area (Å²) in [6, 6.07) is 5.94. The monoisotopic (exact) mass is 456 g/mol. The first-order chi connectivity index (χ1) is 14.0. The summed E-state index contributed by atoms with van der Waals surface area (Å²) in [6.45, 7) is 0. The number of primary amides is 1. The maximum Gasteiger partial charge on any atom is 0.312 e. The molecule has 3 N–H and O–H groups in total. The highest BCUT2D eigenvalue weighted by molar-refractivity contribution is 7.92. The topological polar surface area (TPSA) is 157 Å². The maximum absolute atomic E-state index is 13.3. The van der Waals surface area contributed by atoms with E-state index >= 15 is 0 Å². The van der Waals surface area contributed by atoms with Crippen molar-refractivity contribution in [3.63, 3.8) is 0 Å². The Kier molecular flexibility index (Phi) is 5.52. The van der Waals surface area contributed by atoms with Crippen LogP contribution in [0.1, 0.15) is 19.3 Å². The Hall–Kier alpha value is -2.35. The van der Waals surface area contributed by atoms with Crippen molar-refractivity contribution in [1.29, 1.82) is 5.26 Å². The smallest absolute Gasteiger partial charge is 0.312 e. The van der Waals surface area contributed by atoms with E-state index in [1.54, 1.807) is 0 Å². The number of hydrogen-bond acceptors (Lipinski definition) is 7. The van der Waals surface area contributed by atoms with Gasteiger partial charge in [-0.3, -0.25) is 9.59 Å². The molecule has 2 saturated carbocycles. The lowest BCUT2D eigenvalue weighted by Gasteiger charge is -2.31. The number of carboxylic acid groups (broad SMARTS) is 1. The third kappa shape index (κ3) is 3.04. The average molecular weight is 457 g/mol. The lowest BCUT2D eigenvalue weighted by Crippen LogP contribution is -2.44. The summed E-state index contributed by atoms with van der Waals surface area (Å²) in [5.41, 5.74) is 1.98. The van der Waals surface area contributed by atoms with Crippen LogP contribution >= 0.6 is 11.6 Å². The van der Waals surface area contributed by atoms with E-state index in [4.69, 9.17) is 26.8 Å². The molecule has 0 radical (unpaired) electrons. The molecular weight excluding hydrogens is 436 g/mol. The van der Waals surface area contributed by atoms with Crippen molar-refractivity contribution in [1.82, 2.24) is 0 Å². The summed E-state index contributed by atoms with van der Waals surface area (Å²) in [4.78, 5) is 24.1. The van der Waals surface area contributed by atoms with Crippen LogP contribution in [0.2, 0.25) is 5.02 Å². The number of nitrogens with two attached hydrogens (primary N) is 1. The summed E-state index contributed by atoms with van der Waals surface area (Å²) < 4.78 is 37.0. The number of amides is 1. The number of benzene rings is 1. The maximum atomic E-state index is 13.3. The van der Waals surface area contributed by atoms with Gasteiger partial charge in [0.15, 0.2) is 9.84 Å². The van der Waals surface area contributed by atoms with Crippen molar-refractivity contribution >= 4 is 33.3 Å². The Bertz CT molecular complexity index is 1050. The van der Waals surface area contributed by atoms with Crippen LogP contribution in [0.25, 0.3) is 0 Å². The molecule has 1 amide bonds. The molecule has 2 aliphatic carbocycles. The van der Waals surface area contributed by atoms with Crippen LogP contribution in [-0.2, 0) is 24.2 Å². The third-order valence-corrected chi connectivity index (χ3v) is 9.04. The fraction of sp³-hybridized carbons (Fsp3) is 0.526. The number of carbonyl (C=O) groups excluding carboxylic acids is 1. The number of carbonyl (C=O) groups is 2. The second kappa shape index (κ2) is 7.41. The van der Waals surface area contributed by atoms with Gasteiger partial charge in [0.05, 0.1) is 34.5 Å². The Labute approximate surface area is 178 Å². The second-order valence-electron chi connectivity index (χ2n) is 7.68. The van der Waals surface area contributed by atoms with E-state index < -0.39 is 49.8 Å². The molecule has 0 aliphatic heterocycles. The fourth-order valence-electron chi connectivity index (χ4n) is 4.68. The van der Waals surface area contributed by atoms with Crippen molar-refractivity contribution in [2.75, 3.05) is 14.2 Å².